The molecule has 2 heterocycles. The first-order chi connectivity index (χ1) is 9.84. The van der Waals surface area contributed by atoms with E-state index in [2.05, 4.69) is 67.3 Å². The average molecular weight is 368 g/mol. The van der Waals surface area contributed by atoms with E-state index in [1.165, 1.54) is 4.88 Å². The van der Waals surface area contributed by atoms with Crippen molar-refractivity contribution < 1.29 is 0 Å². The largest absolute Gasteiger partial charge is 0.370 e. The summed E-state index contributed by atoms with van der Waals surface area (Å²) in [5, 5.41) is 5.52. The molecule has 5 heteroatoms. The van der Waals surface area contributed by atoms with Crippen molar-refractivity contribution in [2.24, 2.45) is 0 Å². The number of rotatable bonds is 4. The summed E-state index contributed by atoms with van der Waals surface area (Å²) in [6.07, 6.45) is 1.08. The molecule has 21 heavy (non-hydrogen) atoms. The van der Waals surface area contributed by atoms with E-state index < -0.39 is 0 Å². The number of hydrogen-bond acceptors (Lipinski definition) is 4. The molecule has 0 bridgehead atoms. The van der Waals surface area contributed by atoms with Crippen LogP contribution in [0.1, 0.15) is 45.5 Å². The van der Waals surface area contributed by atoms with Gasteiger partial charge >= 0.3 is 0 Å². The van der Waals surface area contributed by atoms with E-state index in [1.807, 2.05) is 0 Å². The fourth-order valence-corrected chi connectivity index (χ4v) is 3.56. The van der Waals surface area contributed by atoms with E-state index in [0.717, 1.165) is 40.3 Å². The van der Waals surface area contributed by atoms with Gasteiger partial charge in [-0.2, -0.15) is 0 Å². The highest BCUT2D eigenvalue weighted by molar-refractivity contribution is 9.10. The monoisotopic (exact) mass is 367 g/mol. The third kappa shape index (κ3) is 3.64. The number of nitrogens with zero attached hydrogens (tertiary/aromatic N) is 2. The van der Waals surface area contributed by atoms with Crippen LogP contribution >= 0.6 is 27.3 Å². The molecule has 0 unspecified atom stereocenters. The van der Waals surface area contributed by atoms with Crippen molar-refractivity contribution in [3.63, 3.8) is 0 Å². The van der Waals surface area contributed by atoms with Crippen LogP contribution in [0.5, 0.6) is 0 Å². The highest BCUT2D eigenvalue weighted by Gasteiger charge is 2.22. The van der Waals surface area contributed by atoms with Crippen LogP contribution in [-0.4, -0.2) is 16.5 Å². The van der Waals surface area contributed by atoms with Crippen LogP contribution in [0.25, 0.3) is 10.6 Å². The van der Waals surface area contributed by atoms with Gasteiger partial charge in [0.2, 0.25) is 0 Å². The molecule has 2 rings (SSSR count). The van der Waals surface area contributed by atoms with Crippen LogP contribution in [0.4, 0.5) is 5.82 Å². The quantitative estimate of drug-likeness (QED) is 0.786. The third-order valence-corrected chi connectivity index (χ3v) is 5.04. The fraction of sp³-hybridized carbons (Fsp3) is 0.500. The minimum atomic E-state index is -0.0746. The summed E-state index contributed by atoms with van der Waals surface area (Å²) < 4.78 is 1.09. The molecule has 114 valence electrons. The smallest absolute Gasteiger partial charge is 0.136 e. The van der Waals surface area contributed by atoms with Crippen LogP contribution < -0.4 is 5.32 Å². The lowest BCUT2D eigenvalue weighted by atomic mass is 9.95. The Morgan fingerprint density at radius 1 is 1.29 bits per heavy atom. The molecule has 0 atom stereocenters. The topological polar surface area (TPSA) is 37.8 Å². The highest BCUT2D eigenvalue weighted by Crippen LogP contribution is 2.37. The zero-order valence-corrected chi connectivity index (χ0v) is 15.7. The molecule has 0 aliphatic carbocycles. The van der Waals surface area contributed by atoms with Crippen LogP contribution in [0.2, 0.25) is 0 Å². The number of aromatic nitrogens is 2. The highest BCUT2D eigenvalue weighted by atomic mass is 79.9. The molecule has 2 aromatic rings. The minimum Gasteiger partial charge on any atom is -0.370 e. The Morgan fingerprint density at radius 3 is 2.52 bits per heavy atom. The second kappa shape index (κ2) is 6.44. The first kappa shape index (κ1) is 16.4. The molecular weight excluding hydrogens is 346 g/mol. The molecule has 0 aliphatic heterocycles. The zero-order valence-electron chi connectivity index (χ0n) is 13.2. The summed E-state index contributed by atoms with van der Waals surface area (Å²) in [5.41, 5.74) is 2.06. The molecule has 2 aromatic heterocycles. The number of nitrogens with one attached hydrogen (secondary N) is 1. The molecule has 3 nitrogen and oxygen atoms in total. The van der Waals surface area contributed by atoms with Crippen LogP contribution in [0.15, 0.2) is 15.9 Å². The van der Waals surface area contributed by atoms with Gasteiger partial charge in [-0.15, -0.1) is 11.3 Å². The van der Waals surface area contributed by atoms with Crippen molar-refractivity contribution in [2.45, 2.75) is 46.5 Å². The predicted octanol–water partition coefficient (Wildman–Crippen LogP) is 5.40. The predicted molar refractivity (Wildman–Crippen MR) is 95.3 cm³/mol. The molecule has 1 N–H and O–H groups in total. The molecule has 0 amide bonds. The second-order valence-corrected chi connectivity index (χ2v) is 7.91. The number of thiophene rings is 1. The van der Waals surface area contributed by atoms with E-state index in [9.17, 15) is 0 Å². The average Bonchev–Trinajstić information content (AvgIpc) is 2.82. The molecule has 0 spiro atoms. The van der Waals surface area contributed by atoms with Crippen molar-refractivity contribution >= 4 is 33.1 Å². The maximum Gasteiger partial charge on any atom is 0.136 e. The first-order valence-electron chi connectivity index (χ1n) is 7.21. The molecule has 0 fully saturated rings. The lowest BCUT2D eigenvalue weighted by Crippen LogP contribution is -2.19. The summed E-state index contributed by atoms with van der Waals surface area (Å²) >= 11 is 5.32. The maximum absolute atomic E-state index is 4.84. The maximum atomic E-state index is 4.84. The summed E-state index contributed by atoms with van der Waals surface area (Å²) in [5.74, 6) is 1.83. The van der Waals surface area contributed by atoms with Gasteiger partial charge in [0.05, 0.1) is 10.6 Å². The molecule has 0 aromatic carbocycles. The van der Waals surface area contributed by atoms with Crippen molar-refractivity contribution in [3.8, 4) is 10.6 Å². The molecule has 0 radical (unpaired) electrons. The Bertz CT molecular complexity index is 629. The Balaban J connectivity index is 2.60. The van der Waals surface area contributed by atoms with Crippen molar-refractivity contribution in [2.75, 3.05) is 11.9 Å². The SMILES string of the molecule is CCCNc1nc(C(C)(C)C)nc(-c2sccc2Br)c1C. The van der Waals surface area contributed by atoms with Crippen molar-refractivity contribution in [3.05, 3.63) is 27.3 Å². The summed E-state index contributed by atoms with van der Waals surface area (Å²) in [6, 6.07) is 2.07. The summed E-state index contributed by atoms with van der Waals surface area (Å²) in [6.45, 7) is 11.6. The third-order valence-electron chi connectivity index (χ3n) is 3.19. The normalized spacial score (nSPS) is 11.7. The van der Waals surface area contributed by atoms with Crippen LogP contribution in [-0.2, 0) is 5.41 Å². The van der Waals surface area contributed by atoms with Gasteiger partial charge < -0.3 is 5.32 Å². The summed E-state index contributed by atoms with van der Waals surface area (Å²) in [4.78, 5) is 10.8. The van der Waals surface area contributed by atoms with Crippen molar-refractivity contribution in [1.82, 2.24) is 9.97 Å². The molecule has 0 saturated carbocycles. The van der Waals surface area contributed by atoms with E-state index in [0.29, 0.717) is 0 Å². The zero-order chi connectivity index (χ0) is 15.6. The lowest BCUT2D eigenvalue weighted by Gasteiger charge is -2.20. The molecular formula is C16H22BrN3S. The number of hydrogen-bond donors (Lipinski definition) is 1. The number of anilines is 1. The Morgan fingerprint density at radius 2 is 2.00 bits per heavy atom. The van der Waals surface area contributed by atoms with Gasteiger partial charge in [-0.1, -0.05) is 27.7 Å². The van der Waals surface area contributed by atoms with Gasteiger partial charge in [0, 0.05) is 22.0 Å². The fourth-order valence-electron chi connectivity index (χ4n) is 1.95. The Kier molecular flexibility index (Phi) is 5.04. The minimum absolute atomic E-state index is 0.0746. The second-order valence-electron chi connectivity index (χ2n) is 6.14. The summed E-state index contributed by atoms with van der Waals surface area (Å²) in [7, 11) is 0. The molecule has 0 saturated heterocycles. The van der Waals surface area contributed by atoms with Gasteiger partial charge in [0.15, 0.2) is 0 Å². The van der Waals surface area contributed by atoms with E-state index in [4.69, 9.17) is 9.97 Å². The van der Waals surface area contributed by atoms with Gasteiger partial charge in [-0.25, -0.2) is 9.97 Å². The first-order valence-corrected chi connectivity index (χ1v) is 8.88. The van der Waals surface area contributed by atoms with E-state index in [-0.39, 0.29) is 5.41 Å². The van der Waals surface area contributed by atoms with Crippen molar-refractivity contribution in [1.29, 1.82) is 0 Å². The van der Waals surface area contributed by atoms with Gasteiger partial charge in [-0.05, 0) is 40.7 Å². The van der Waals surface area contributed by atoms with Crippen LogP contribution in [0, 0.1) is 6.92 Å². The van der Waals surface area contributed by atoms with E-state index >= 15 is 0 Å². The van der Waals surface area contributed by atoms with Crippen LogP contribution in [0.3, 0.4) is 0 Å². The van der Waals surface area contributed by atoms with Gasteiger partial charge in [0.1, 0.15) is 11.6 Å². The Labute approximate surface area is 139 Å². The lowest BCUT2D eigenvalue weighted by molar-refractivity contribution is 0.546. The van der Waals surface area contributed by atoms with Gasteiger partial charge in [0.25, 0.3) is 0 Å². The van der Waals surface area contributed by atoms with Gasteiger partial charge in [-0.3, -0.25) is 0 Å². The molecule has 0 aliphatic rings. The standard InChI is InChI=1S/C16H22BrN3S/c1-6-8-18-14-10(2)12(13-11(17)7-9-21-13)19-15(20-14)16(3,4)5/h7,9H,6,8H2,1-5H3,(H,18,19,20). The van der Waals surface area contributed by atoms with E-state index in [1.54, 1.807) is 11.3 Å². The Hall–Kier alpha value is -0.940. The number of halogens is 1.